The van der Waals surface area contributed by atoms with E-state index in [-0.39, 0.29) is 13.2 Å². The van der Waals surface area contributed by atoms with Crippen molar-refractivity contribution in [3.8, 4) is 0 Å². The first-order chi connectivity index (χ1) is 10.8. The molecule has 0 aliphatic heterocycles. The van der Waals surface area contributed by atoms with E-state index >= 15 is 0 Å². The molecule has 126 valence electrons. The van der Waals surface area contributed by atoms with Gasteiger partial charge in [-0.3, -0.25) is 0 Å². The number of carboxylic acid groups (broad SMARTS) is 1. The van der Waals surface area contributed by atoms with Crippen molar-refractivity contribution in [3.63, 3.8) is 0 Å². The Balaban J connectivity index is 0. The summed E-state index contributed by atoms with van der Waals surface area (Å²) in [6.45, 7) is 17.0. The molecule has 0 rings (SSSR count). The summed E-state index contributed by atoms with van der Waals surface area (Å²) in [4.78, 5) is 31.8. The first-order valence-corrected chi connectivity index (χ1v) is 6.57. The molecule has 0 bridgehead atoms. The van der Waals surface area contributed by atoms with Crippen molar-refractivity contribution in [1.82, 2.24) is 0 Å². The van der Waals surface area contributed by atoms with Gasteiger partial charge in [0, 0.05) is 17.2 Å². The molecule has 0 fully saturated rings. The van der Waals surface area contributed by atoms with E-state index in [4.69, 9.17) is 14.6 Å². The molecule has 6 nitrogen and oxygen atoms in total. The molecular formula is C17H22O6. The Bertz CT molecular complexity index is 451. The van der Waals surface area contributed by atoms with Crippen LogP contribution in [-0.4, -0.2) is 36.2 Å². The van der Waals surface area contributed by atoms with Gasteiger partial charge in [-0.1, -0.05) is 31.9 Å². The first kappa shape index (κ1) is 22.4. The Labute approximate surface area is 136 Å². The number of hydrogen-bond donors (Lipinski definition) is 1. The molecule has 0 saturated heterocycles. The maximum Gasteiger partial charge on any atom is 0.333 e. The number of aliphatic carboxylic acids is 1. The fourth-order valence-electron chi connectivity index (χ4n) is 0.988. The van der Waals surface area contributed by atoms with Gasteiger partial charge in [0.1, 0.15) is 13.2 Å². The minimum atomic E-state index is -0.981. The second-order valence-electron chi connectivity index (χ2n) is 4.01. The molecular weight excluding hydrogens is 300 g/mol. The molecule has 0 atom stereocenters. The smallest absolute Gasteiger partial charge is 0.333 e. The highest BCUT2D eigenvalue weighted by Gasteiger charge is 2.09. The van der Waals surface area contributed by atoms with Gasteiger partial charge >= 0.3 is 17.9 Å². The van der Waals surface area contributed by atoms with Gasteiger partial charge in [-0.2, -0.15) is 0 Å². The average Bonchev–Trinajstić information content (AvgIpc) is 2.51. The molecule has 0 aliphatic carbocycles. The van der Waals surface area contributed by atoms with E-state index in [1.54, 1.807) is 12.2 Å². The fraction of sp³-hybridized carbons (Fsp3) is 0.235. The van der Waals surface area contributed by atoms with Crippen molar-refractivity contribution in [2.75, 3.05) is 13.2 Å². The van der Waals surface area contributed by atoms with Crippen LogP contribution >= 0.6 is 0 Å². The Morgan fingerprint density at radius 3 is 1.35 bits per heavy atom. The standard InChI is InChI=1S/C14H18O4.C3H4O2/c1-5-7-11(3)13(15)17-9-10-18-14(16)12(4)8-6-2;1-2-3(4)5/h5-6H,1-4,7-10H2;2H,1H2,(H,4,5). The van der Waals surface area contributed by atoms with Crippen LogP contribution in [0.25, 0.3) is 0 Å². The van der Waals surface area contributed by atoms with Crippen molar-refractivity contribution < 1.29 is 29.0 Å². The summed E-state index contributed by atoms with van der Waals surface area (Å²) in [6, 6.07) is 0. The zero-order chi connectivity index (χ0) is 18.3. The molecule has 0 radical (unpaired) electrons. The van der Waals surface area contributed by atoms with Crippen LogP contribution in [0.5, 0.6) is 0 Å². The highest BCUT2D eigenvalue weighted by Crippen LogP contribution is 2.03. The zero-order valence-electron chi connectivity index (χ0n) is 13.1. The topological polar surface area (TPSA) is 89.9 Å². The van der Waals surface area contributed by atoms with Gasteiger partial charge in [0.15, 0.2) is 0 Å². The van der Waals surface area contributed by atoms with E-state index in [2.05, 4.69) is 32.9 Å². The Hall–Kier alpha value is -2.89. The molecule has 0 heterocycles. The van der Waals surface area contributed by atoms with Crippen LogP contribution in [0, 0.1) is 0 Å². The number of carboxylic acids is 1. The molecule has 0 aromatic heterocycles. The lowest BCUT2D eigenvalue weighted by Crippen LogP contribution is -2.15. The number of rotatable bonds is 10. The predicted octanol–water partition coefficient (Wildman–Crippen LogP) is 2.59. The molecule has 0 aromatic rings. The minimum Gasteiger partial charge on any atom is -0.478 e. The number of carbonyl (C=O) groups excluding carboxylic acids is 2. The number of ether oxygens (including phenoxy) is 2. The summed E-state index contributed by atoms with van der Waals surface area (Å²) >= 11 is 0. The summed E-state index contributed by atoms with van der Waals surface area (Å²) in [6.07, 6.45) is 4.69. The van der Waals surface area contributed by atoms with Gasteiger partial charge in [0.05, 0.1) is 0 Å². The summed E-state index contributed by atoms with van der Waals surface area (Å²) in [7, 11) is 0. The third-order valence-corrected chi connectivity index (χ3v) is 2.08. The van der Waals surface area contributed by atoms with Crippen molar-refractivity contribution in [1.29, 1.82) is 0 Å². The second kappa shape index (κ2) is 14.1. The lowest BCUT2D eigenvalue weighted by molar-refractivity contribution is -0.147. The van der Waals surface area contributed by atoms with Gasteiger partial charge in [0.25, 0.3) is 0 Å². The van der Waals surface area contributed by atoms with E-state index in [9.17, 15) is 14.4 Å². The van der Waals surface area contributed by atoms with Crippen molar-refractivity contribution in [2.45, 2.75) is 12.8 Å². The van der Waals surface area contributed by atoms with Crippen LogP contribution in [-0.2, 0) is 23.9 Å². The molecule has 0 aromatic carbocycles. The summed E-state index contributed by atoms with van der Waals surface area (Å²) in [5, 5.41) is 7.60. The maximum absolute atomic E-state index is 11.3. The van der Waals surface area contributed by atoms with E-state index in [0.717, 1.165) is 6.08 Å². The molecule has 0 unspecified atom stereocenters. The summed E-state index contributed by atoms with van der Waals surface area (Å²) in [5.74, 6) is -2.02. The van der Waals surface area contributed by atoms with Gasteiger partial charge in [0.2, 0.25) is 0 Å². The molecule has 0 aliphatic rings. The highest BCUT2D eigenvalue weighted by atomic mass is 16.6. The van der Waals surface area contributed by atoms with Crippen molar-refractivity contribution in [3.05, 3.63) is 62.3 Å². The van der Waals surface area contributed by atoms with Crippen LogP contribution < -0.4 is 0 Å². The molecule has 6 heteroatoms. The van der Waals surface area contributed by atoms with E-state index in [0.29, 0.717) is 24.0 Å². The third kappa shape index (κ3) is 13.8. The number of esters is 2. The summed E-state index contributed by atoms with van der Waals surface area (Å²) in [5.41, 5.74) is 0.625. The van der Waals surface area contributed by atoms with Gasteiger partial charge in [-0.15, -0.1) is 13.2 Å². The van der Waals surface area contributed by atoms with Crippen molar-refractivity contribution in [2.24, 2.45) is 0 Å². The highest BCUT2D eigenvalue weighted by molar-refractivity contribution is 5.88. The number of allylic oxidation sites excluding steroid dienone is 2. The molecule has 1 N–H and O–H groups in total. The number of hydrogen-bond acceptors (Lipinski definition) is 5. The van der Waals surface area contributed by atoms with Crippen LogP contribution in [0.2, 0.25) is 0 Å². The van der Waals surface area contributed by atoms with Crippen LogP contribution in [0.1, 0.15) is 12.8 Å². The van der Waals surface area contributed by atoms with Gasteiger partial charge in [-0.25, -0.2) is 14.4 Å². The first-order valence-electron chi connectivity index (χ1n) is 6.57. The summed E-state index contributed by atoms with van der Waals surface area (Å²) < 4.78 is 9.67. The molecule has 0 saturated carbocycles. The van der Waals surface area contributed by atoms with E-state index < -0.39 is 17.9 Å². The monoisotopic (exact) mass is 322 g/mol. The second-order valence-corrected chi connectivity index (χ2v) is 4.01. The quantitative estimate of drug-likeness (QED) is 0.288. The van der Waals surface area contributed by atoms with Crippen molar-refractivity contribution >= 4 is 17.9 Å². The Kier molecular flexibility index (Phi) is 13.7. The average molecular weight is 322 g/mol. The van der Waals surface area contributed by atoms with E-state index in [1.807, 2.05) is 0 Å². The number of carbonyl (C=O) groups is 3. The normalized spacial score (nSPS) is 8.52. The Morgan fingerprint density at radius 1 is 0.826 bits per heavy atom. The maximum atomic E-state index is 11.3. The lowest BCUT2D eigenvalue weighted by Gasteiger charge is -2.07. The van der Waals surface area contributed by atoms with Gasteiger partial charge in [-0.05, 0) is 12.8 Å². The van der Waals surface area contributed by atoms with Crippen LogP contribution in [0.15, 0.2) is 62.3 Å². The largest absolute Gasteiger partial charge is 0.478 e. The molecule has 0 amide bonds. The molecule has 0 spiro atoms. The Morgan fingerprint density at radius 2 is 1.13 bits per heavy atom. The lowest BCUT2D eigenvalue weighted by atomic mass is 10.2. The van der Waals surface area contributed by atoms with Gasteiger partial charge < -0.3 is 14.6 Å². The van der Waals surface area contributed by atoms with Crippen LogP contribution in [0.3, 0.4) is 0 Å². The SMILES string of the molecule is C=CC(=O)O.C=CCC(=C)C(=O)OCCOC(=O)C(=C)CC=C. The molecule has 23 heavy (non-hydrogen) atoms. The zero-order valence-corrected chi connectivity index (χ0v) is 13.1. The minimum absolute atomic E-state index is 0.0118. The third-order valence-electron chi connectivity index (χ3n) is 2.08. The van der Waals surface area contributed by atoms with Crippen LogP contribution in [0.4, 0.5) is 0 Å². The fourth-order valence-corrected chi connectivity index (χ4v) is 0.988. The van der Waals surface area contributed by atoms with E-state index in [1.165, 1.54) is 0 Å². The predicted molar refractivity (Wildman–Crippen MR) is 87.7 cm³/mol.